The van der Waals surface area contributed by atoms with E-state index in [1.54, 1.807) is 0 Å². The van der Waals surface area contributed by atoms with Crippen LogP contribution in [0.4, 0.5) is 14.5 Å². The van der Waals surface area contributed by atoms with Crippen LogP contribution in [0.3, 0.4) is 0 Å². The van der Waals surface area contributed by atoms with E-state index in [1.165, 1.54) is 13.0 Å². The first-order valence-corrected chi connectivity index (χ1v) is 4.01. The maximum absolute atomic E-state index is 12.4. The highest BCUT2D eigenvalue weighted by Crippen LogP contribution is 2.30. The van der Waals surface area contributed by atoms with Crippen LogP contribution in [0, 0.1) is 17.0 Å². The number of aryl methyl sites for hydroxylation is 1. The molecule has 0 aromatic carbocycles. The second kappa shape index (κ2) is 4.26. The Morgan fingerprint density at radius 2 is 2.27 bits per heavy atom. The maximum atomic E-state index is 12.4. The summed E-state index contributed by atoms with van der Waals surface area (Å²) >= 11 is 0. The predicted molar refractivity (Wildman–Crippen MR) is 46.5 cm³/mol. The van der Waals surface area contributed by atoms with E-state index in [1.807, 2.05) is 0 Å². The molecule has 0 atom stereocenters. The molecule has 0 bridgehead atoms. The summed E-state index contributed by atoms with van der Waals surface area (Å²) in [5, 5.41) is 19.4. The highest BCUT2D eigenvalue weighted by atomic mass is 19.3. The van der Waals surface area contributed by atoms with Gasteiger partial charge < -0.3 is 5.11 Å². The molecule has 15 heavy (non-hydrogen) atoms. The van der Waals surface area contributed by atoms with Gasteiger partial charge in [0.15, 0.2) is 5.69 Å². The molecule has 1 rings (SSSR count). The van der Waals surface area contributed by atoms with Crippen LogP contribution in [-0.4, -0.2) is 15.0 Å². The average Bonchev–Trinajstić information content (AvgIpc) is 2.15. The SMILES string of the molecule is Cc1cc(CO)c([N+](=O)[O-])c(C(F)F)n1. The van der Waals surface area contributed by atoms with Crippen LogP contribution in [0.15, 0.2) is 6.07 Å². The molecular weight excluding hydrogens is 210 g/mol. The van der Waals surface area contributed by atoms with E-state index in [2.05, 4.69) is 4.98 Å². The van der Waals surface area contributed by atoms with Gasteiger partial charge in [-0.05, 0) is 13.0 Å². The monoisotopic (exact) mass is 218 g/mol. The number of nitrogens with zero attached hydrogens (tertiary/aromatic N) is 2. The van der Waals surface area contributed by atoms with Crippen molar-refractivity contribution < 1.29 is 18.8 Å². The first kappa shape index (κ1) is 11.4. The van der Waals surface area contributed by atoms with Gasteiger partial charge in [-0.25, -0.2) is 13.8 Å². The van der Waals surface area contributed by atoms with Crippen molar-refractivity contribution in [2.75, 3.05) is 0 Å². The van der Waals surface area contributed by atoms with Gasteiger partial charge in [0.25, 0.3) is 6.43 Å². The van der Waals surface area contributed by atoms with Gasteiger partial charge in [0.05, 0.1) is 17.1 Å². The van der Waals surface area contributed by atoms with E-state index in [-0.39, 0.29) is 11.3 Å². The number of alkyl halides is 2. The van der Waals surface area contributed by atoms with Crippen LogP contribution in [0.5, 0.6) is 0 Å². The zero-order valence-corrected chi connectivity index (χ0v) is 7.78. The molecule has 82 valence electrons. The first-order chi connectivity index (χ1) is 6.97. The fourth-order valence-corrected chi connectivity index (χ4v) is 1.24. The minimum atomic E-state index is -3.03. The molecule has 1 aromatic heterocycles. The number of hydrogen-bond donors (Lipinski definition) is 1. The highest BCUT2D eigenvalue weighted by Gasteiger charge is 2.27. The number of hydrogen-bond acceptors (Lipinski definition) is 4. The fourth-order valence-electron chi connectivity index (χ4n) is 1.24. The molecule has 0 aliphatic heterocycles. The largest absolute Gasteiger partial charge is 0.391 e. The second-order valence-corrected chi connectivity index (χ2v) is 2.87. The van der Waals surface area contributed by atoms with Gasteiger partial charge in [-0.2, -0.15) is 0 Å². The summed E-state index contributed by atoms with van der Waals surface area (Å²) in [6, 6.07) is 1.21. The van der Waals surface area contributed by atoms with Crippen molar-refractivity contribution in [1.29, 1.82) is 0 Å². The van der Waals surface area contributed by atoms with Gasteiger partial charge in [-0.1, -0.05) is 0 Å². The molecule has 7 heteroatoms. The van der Waals surface area contributed by atoms with E-state index in [0.717, 1.165) is 0 Å². The molecule has 0 saturated heterocycles. The van der Waals surface area contributed by atoms with Crippen LogP contribution in [0.25, 0.3) is 0 Å². The van der Waals surface area contributed by atoms with Crippen LogP contribution in [-0.2, 0) is 6.61 Å². The first-order valence-electron chi connectivity index (χ1n) is 4.01. The third kappa shape index (κ3) is 2.24. The van der Waals surface area contributed by atoms with Gasteiger partial charge in [0, 0.05) is 5.69 Å². The molecule has 0 unspecified atom stereocenters. The van der Waals surface area contributed by atoms with Crippen molar-refractivity contribution in [3.63, 3.8) is 0 Å². The number of aliphatic hydroxyl groups excluding tert-OH is 1. The van der Waals surface area contributed by atoms with Crippen molar-refractivity contribution in [3.05, 3.63) is 33.1 Å². The van der Waals surface area contributed by atoms with E-state index in [0.29, 0.717) is 0 Å². The molecule has 1 aromatic rings. The van der Waals surface area contributed by atoms with Crippen LogP contribution < -0.4 is 0 Å². The number of halogens is 2. The summed E-state index contributed by atoms with van der Waals surface area (Å²) in [5.74, 6) is 0. The predicted octanol–water partition coefficient (Wildman–Crippen LogP) is 1.73. The van der Waals surface area contributed by atoms with Crippen molar-refractivity contribution in [1.82, 2.24) is 4.98 Å². The number of aliphatic hydroxyl groups is 1. The lowest BCUT2D eigenvalue weighted by molar-refractivity contribution is -0.387. The van der Waals surface area contributed by atoms with Crippen LogP contribution >= 0.6 is 0 Å². The summed E-state index contributed by atoms with van der Waals surface area (Å²) in [6.07, 6.45) is -3.03. The Morgan fingerprint density at radius 3 is 2.67 bits per heavy atom. The minimum absolute atomic E-state index is 0.150. The highest BCUT2D eigenvalue weighted by molar-refractivity contribution is 5.45. The molecule has 0 aliphatic carbocycles. The number of aromatic nitrogens is 1. The fraction of sp³-hybridized carbons (Fsp3) is 0.375. The normalized spacial score (nSPS) is 10.7. The zero-order chi connectivity index (χ0) is 11.6. The van der Waals surface area contributed by atoms with Gasteiger partial charge in [0.1, 0.15) is 0 Å². The Bertz CT molecular complexity index is 396. The zero-order valence-electron chi connectivity index (χ0n) is 7.78. The average molecular weight is 218 g/mol. The Morgan fingerprint density at radius 1 is 1.67 bits per heavy atom. The smallest absolute Gasteiger partial charge is 0.302 e. The molecule has 0 aliphatic rings. The van der Waals surface area contributed by atoms with E-state index < -0.39 is 29.3 Å². The molecule has 1 N–H and O–H groups in total. The van der Waals surface area contributed by atoms with Crippen LogP contribution in [0.1, 0.15) is 23.4 Å². The van der Waals surface area contributed by atoms with Crippen molar-refractivity contribution in [2.45, 2.75) is 20.0 Å². The third-order valence-corrected chi connectivity index (χ3v) is 1.79. The Balaban J connectivity index is 3.47. The summed E-state index contributed by atoms with van der Waals surface area (Å²) in [4.78, 5) is 13.0. The van der Waals surface area contributed by atoms with Crippen molar-refractivity contribution in [2.24, 2.45) is 0 Å². The Hall–Kier alpha value is -1.63. The molecule has 0 fully saturated rings. The van der Waals surface area contributed by atoms with Gasteiger partial charge in [0.2, 0.25) is 0 Å². The van der Waals surface area contributed by atoms with E-state index in [4.69, 9.17) is 5.11 Å². The summed E-state index contributed by atoms with van der Waals surface area (Å²) in [7, 11) is 0. The molecule has 0 amide bonds. The Labute approximate surface area is 83.5 Å². The molecule has 1 heterocycles. The topological polar surface area (TPSA) is 76.3 Å². The lowest BCUT2D eigenvalue weighted by atomic mass is 10.1. The van der Waals surface area contributed by atoms with Gasteiger partial charge >= 0.3 is 5.69 Å². The molecular formula is C8H8F2N2O3. The third-order valence-electron chi connectivity index (χ3n) is 1.79. The number of rotatable bonds is 3. The summed E-state index contributed by atoms with van der Waals surface area (Å²) in [5.41, 5.74) is -1.65. The van der Waals surface area contributed by atoms with Gasteiger partial charge in [-0.3, -0.25) is 10.1 Å². The molecule has 0 spiro atoms. The molecule has 0 saturated carbocycles. The van der Waals surface area contributed by atoms with E-state index >= 15 is 0 Å². The van der Waals surface area contributed by atoms with Crippen molar-refractivity contribution >= 4 is 5.69 Å². The standard InChI is InChI=1S/C8H8F2N2O3/c1-4-2-5(3-13)7(12(14)15)6(11-4)8(9)10/h2,8,13H,3H2,1H3. The van der Waals surface area contributed by atoms with Gasteiger partial charge in [-0.15, -0.1) is 0 Å². The minimum Gasteiger partial charge on any atom is -0.391 e. The lowest BCUT2D eigenvalue weighted by Gasteiger charge is -2.06. The quantitative estimate of drug-likeness (QED) is 0.619. The number of pyridine rings is 1. The summed E-state index contributed by atoms with van der Waals surface area (Å²) in [6.45, 7) is 0.758. The van der Waals surface area contributed by atoms with E-state index in [9.17, 15) is 18.9 Å². The molecule has 5 nitrogen and oxygen atoms in total. The molecule has 0 radical (unpaired) electrons. The lowest BCUT2D eigenvalue weighted by Crippen LogP contribution is -2.05. The Kier molecular flexibility index (Phi) is 3.25. The maximum Gasteiger partial charge on any atom is 0.302 e. The van der Waals surface area contributed by atoms with Crippen LogP contribution in [0.2, 0.25) is 0 Å². The van der Waals surface area contributed by atoms with Crippen molar-refractivity contribution in [3.8, 4) is 0 Å². The number of nitro groups is 1. The second-order valence-electron chi connectivity index (χ2n) is 2.87. The summed E-state index contributed by atoms with van der Waals surface area (Å²) < 4.78 is 24.9.